The molecule has 2 N–H and O–H groups in total. The zero-order valence-corrected chi connectivity index (χ0v) is 14.5. The van der Waals surface area contributed by atoms with Crippen molar-refractivity contribution >= 4 is 35.0 Å². The molecule has 0 aromatic heterocycles. The molecule has 1 amide bonds. The van der Waals surface area contributed by atoms with Crippen molar-refractivity contribution in [2.75, 3.05) is 12.4 Å². The fraction of sp³-hybridized carbons (Fsp3) is 0.167. The number of hydrogen-bond acceptors (Lipinski definition) is 4. The highest BCUT2D eigenvalue weighted by atomic mass is 35.5. The summed E-state index contributed by atoms with van der Waals surface area (Å²) >= 11 is 7.67. The lowest BCUT2D eigenvalue weighted by Crippen LogP contribution is -2.36. The van der Waals surface area contributed by atoms with Crippen LogP contribution in [0.5, 0.6) is 5.75 Å². The first-order valence-corrected chi connectivity index (χ1v) is 8.76. The van der Waals surface area contributed by atoms with Crippen LogP contribution in [0.2, 0.25) is 5.02 Å². The predicted molar refractivity (Wildman–Crippen MR) is 96.5 cm³/mol. The highest BCUT2D eigenvalue weighted by Gasteiger charge is 2.32. The van der Waals surface area contributed by atoms with E-state index < -0.39 is 0 Å². The van der Waals surface area contributed by atoms with Crippen LogP contribution in [0.25, 0.3) is 0 Å². The van der Waals surface area contributed by atoms with E-state index in [-0.39, 0.29) is 11.9 Å². The van der Waals surface area contributed by atoms with E-state index in [4.69, 9.17) is 16.3 Å². The zero-order chi connectivity index (χ0) is 16.7. The number of nitrogens with one attached hydrogen (secondary N) is 2. The highest BCUT2D eigenvalue weighted by Crippen LogP contribution is 2.47. The van der Waals surface area contributed by atoms with Crippen LogP contribution in [0.3, 0.4) is 0 Å². The second-order valence-corrected chi connectivity index (χ2v) is 7.12. The molecule has 0 fully saturated rings. The molecule has 0 aliphatic carbocycles. The fourth-order valence-electron chi connectivity index (χ4n) is 2.96. The summed E-state index contributed by atoms with van der Waals surface area (Å²) in [7, 11) is 1.58. The van der Waals surface area contributed by atoms with Crippen LogP contribution >= 0.6 is 23.4 Å². The van der Waals surface area contributed by atoms with E-state index in [0.717, 1.165) is 28.3 Å². The van der Waals surface area contributed by atoms with E-state index in [1.54, 1.807) is 7.11 Å². The van der Waals surface area contributed by atoms with Gasteiger partial charge >= 0.3 is 0 Å². The molecule has 0 radical (unpaired) electrons. The monoisotopic (exact) mass is 358 g/mol. The van der Waals surface area contributed by atoms with Crippen molar-refractivity contribution in [2.24, 2.45) is 0 Å². The Labute approximate surface area is 149 Å². The molecule has 0 saturated heterocycles. The molecule has 0 saturated carbocycles. The van der Waals surface area contributed by atoms with E-state index in [1.165, 1.54) is 11.8 Å². The maximum Gasteiger partial charge on any atom is 0.260 e. The van der Waals surface area contributed by atoms with Gasteiger partial charge in [-0.05, 0) is 17.7 Å². The number of carbonyl (C=O) groups excluding carboxylic acids is 1. The predicted octanol–water partition coefficient (Wildman–Crippen LogP) is 4.34. The molecule has 2 heterocycles. The molecule has 4 rings (SSSR count). The minimum atomic E-state index is -0.0535. The maximum absolute atomic E-state index is 12.6. The molecule has 6 heteroatoms. The molecular formula is C18H15ClN2O2S. The lowest BCUT2D eigenvalue weighted by Gasteiger charge is -2.32. The van der Waals surface area contributed by atoms with Gasteiger partial charge in [0, 0.05) is 17.0 Å². The summed E-state index contributed by atoms with van der Waals surface area (Å²) in [6, 6.07) is 13.7. The van der Waals surface area contributed by atoms with Crippen LogP contribution in [0.15, 0.2) is 58.0 Å². The fourth-order valence-corrected chi connectivity index (χ4v) is 4.21. The van der Waals surface area contributed by atoms with Gasteiger partial charge in [0.25, 0.3) is 5.91 Å². The van der Waals surface area contributed by atoms with Gasteiger partial charge in [-0.1, -0.05) is 53.7 Å². The Kier molecular flexibility index (Phi) is 3.90. The maximum atomic E-state index is 12.6. The first kappa shape index (κ1) is 15.4. The van der Waals surface area contributed by atoms with Crippen molar-refractivity contribution in [3.8, 4) is 5.75 Å². The van der Waals surface area contributed by atoms with Gasteiger partial charge in [0.15, 0.2) is 0 Å². The largest absolute Gasteiger partial charge is 0.495 e. The number of ether oxygens (including phenoxy) is 1. The summed E-state index contributed by atoms with van der Waals surface area (Å²) in [5, 5.41) is 7.02. The number of benzene rings is 2. The SMILES string of the molecule is COc1cc2c(cc1Cl)NC1=C(S2)C(=O)NC(c2ccccc2)C1. The standard InChI is InChI=1S/C18H15ClN2O2S/c1-23-15-9-16-13(7-11(15)19)20-14-8-12(10-5-3-2-4-6-10)21-18(22)17(14)24-16/h2-7,9,12,20H,8H2,1H3,(H,21,22). The van der Waals surface area contributed by atoms with Gasteiger partial charge in [-0.15, -0.1) is 0 Å². The number of halogens is 1. The van der Waals surface area contributed by atoms with Crippen molar-refractivity contribution in [1.29, 1.82) is 0 Å². The Hall–Kier alpha value is -2.11. The van der Waals surface area contributed by atoms with Gasteiger partial charge < -0.3 is 15.4 Å². The van der Waals surface area contributed by atoms with E-state index >= 15 is 0 Å². The van der Waals surface area contributed by atoms with Crippen LogP contribution < -0.4 is 15.4 Å². The molecule has 122 valence electrons. The number of amides is 1. The summed E-state index contributed by atoms with van der Waals surface area (Å²) in [4.78, 5) is 14.2. The normalized spacial score (nSPS) is 19.1. The smallest absolute Gasteiger partial charge is 0.260 e. The van der Waals surface area contributed by atoms with Crippen LogP contribution in [0.4, 0.5) is 5.69 Å². The van der Waals surface area contributed by atoms with Gasteiger partial charge in [0.2, 0.25) is 0 Å². The number of rotatable bonds is 2. The number of thioether (sulfide) groups is 1. The van der Waals surface area contributed by atoms with Crippen molar-refractivity contribution in [2.45, 2.75) is 17.4 Å². The van der Waals surface area contributed by atoms with E-state index in [0.29, 0.717) is 15.7 Å². The Morgan fingerprint density at radius 2 is 2.04 bits per heavy atom. The Morgan fingerprint density at radius 1 is 1.25 bits per heavy atom. The number of anilines is 1. The van der Waals surface area contributed by atoms with Gasteiger partial charge in [0.05, 0.1) is 28.8 Å². The van der Waals surface area contributed by atoms with Crippen molar-refractivity contribution in [3.05, 3.63) is 63.7 Å². The van der Waals surface area contributed by atoms with E-state index in [1.807, 2.05) is 42.5 Å². The third-order valence-corrected chi connectivity index (χ3v) is 5.64. The Bertz CT molecular complexity index is 852. The van der Waals surface area contributed by atoms with Gasteiger partial charge in [-0.25, -0.2) is 0 Å². The molecule has 2 aliphatic heterocycles. The average Bonchev–Trinajstić information content (AvgIpc) is 2.60. The van der Waals surface area contributed by atoms with Crippen LogP contribution in [-0.4, -0.2) is 13.0 Å². The molecular weight excluding hydrogens is 344 g/mol. The van der Waals surface area contributed by atoms with Crippen molar-refractivity contribution in [1.82, 2.24) is 5.32 Å². The Morgan fingerprint density at radius 3 is 2.79 bits per heavy atom. The Balaban J connectivity index is 1.67. The molecule has 1 unspecified atom stereocenters. The first-order valence-electron chi connectivity index (χ1n) is 7.57. The van der Waals surface area contributed by atoms with Crippen LogP contribution in [-0.2, 0) is 4.79 Å². The topological polar surface area (TPSA) is 50.4 Å². The zero-order valence-electron chi connectivity index (χ0n) is 12.9. The minimum Gasteiger partial charge on any atom is -0.495 e. The lowest BCUT2D eigenvalue weighted by atomic mass is 9.98. The number of methoxy groups -OCH3 is 1. The quantitative estimate of drug-likeness (QED) is 0.838. The van der Waals surface area contributed by atoms with Crippen molar-refractivity contribution in [3.63, 3.8) is 0 Å². The van der Waals surface area contributed by atoms with Gasteiger partial charge in [-0.3, -0.25) is 4.79 Å². The molecule has 0 spiro atoms. The second kappa shape index (κ2) is 6.07. The summed E-state index contributed by atoms with van der Waals surface area (Å²) < 4.78 is 5.26. The lowest BCUT2D eigenvalue weighted by molar-refractivity contribution is -0.118. The van der Waals surface area contributed by atoms with Crippen LogP contribution in [0.1, 0.15) is 18.0 Å². The molecule has 4 nitrogen and oxygen atoms in total. The number of fused-ring (bicyclic) bond motifs is 1. The third kappa shape index (κ3) is 2.64. The van der Waals surface area contributed by atoms with E-state index in [9.17, 15) is 4.79 Å². The number of hydrogen-bond donors (Lipinski definition) is 2. The number of carbonyl (C=O) groups is 1. The molecule has 2 aromatic carbocycles. The summed E-state index contributed by atoms with van der Waals surface area (Å²) in [6.45, 7) is 0. The molecule has 0 bridgehead atoms. The molecule has 24 heavy (non-hydrogen) atoms. The van der Waals surface area contributed by atoms with Gasteiger partial charge in [0.1, 0.15) is 5.75 Å². The summed E-state index contributed by atoms with van der Waals surface area (Å²) in [5.74, 6) is 0.550. The average molecular weight is 359 g/mol. The molecule has 2 aromatic rings. The third-order valence-electron chi connectivity index (χ3n) is 4.15. The minimum absolute atomic E-state index is 0.0270. The summed E-state index contributed by atoms with van der Waals surface area (Å²) in [6.07, 6.45) is 0.723. The molecule has 1 atom stereocenters. The van der Waals surface area contributed by atoms with Crippen LogP contribution in [0, 0.1) is 0 Å². The van der Waals surface area contributed by atoms with E-state index in [2.05, 4.69) is 10.6 Å². The first-order chi connectivity index (χ1) is 11.7. The summed E-state index contributed by atoms with van der Waals surface area (Å²) in [5.41, 5.74) is 2.94. The van der Waals surface area contributed by atoms with Crippen molar-refractivity contribution < 1.29 is 9.53 Å². The van der Waals surface area contributed by atoms with Gasteiger partial charge in [-0.2, -0.15) is 0 Å². The highest BCUT2D eigenvalue weighted by molar-refractivity contribution is 8.04. The molecule has 2 aliphatic rings. The second-order valence-electron chi connectivity index (χ2n) is 5.66.